The Morgan fingerprint density at radius 3 is 2.45 bits per heavy atom. The molecule has 1 N–H and O–H groups in total. The molecule has 2 heterocycles. The Hall–Kier alpha value is -4.06. The molecule has 0 saturated carbocycles. The molecule has 6 nitrogen and oxygen atoms in total. The first-order chi connectivity index (χ1) is 14.2. The quantitative estimate of drug-likeness (QED) is 0.419. The van der Waals surface area contributed by atoms with Crippen LogP contribution in [0.15, 0.2) is 90.4 Å². The van der Waals surface area contributed by atoms with Gasteiger partial charge in [-0.05, 0) is 31.2 Å². The zero-order valence-electron chi connectivity index (χ0n) is 15.9. The summed E-state index contributed by atoms with van der Waals surface area (Å²) in [5.74, 6) is -0.295. The van der Waals surface area contributed by atoms with E-state index in [1.54, 1.807) is 35.4 Å². The third-order valence-electron chi connectivity index (χ3n) is 4.40. The topological polar surface area (TPSA) is 72.2 Å². The van der Waals surface area contributed by atoms with Gasteiger partial charge in [0.1, 0.15) is 5.69 Å². The molecule has 0 atom stereocenters. The fourth-order valence-corrected chi connectivity index (χ4v) is 2.86. The van der Waals surface area contributed by atoms with Gasteiger partial charge in [-0.3, -0.25) is 9.78 Å². The van der Waals surface area contributed by atoms with Gasteiger partial charge in [-0.2, -0.15) is 10.2 Å². The molecular weight excluding hydrogens is 362 g/mol. The molecule has 0 saturated heterocycles. The summed E-state index contributed by atoms with van der Waals surface area (Å²) in [6, 6.07) is 21.3. The first kappa shape index (κ1) is 18.3. The van der Waals surface area contributed by atoms with Crippen molar-refractivity contribution in [1.29, 1.82) is 0 Å². The highest BCUT2D eigenvalue weighted by Crippen LogP contribution is 2.23. The van der Waals surface area contributed by atoms with Gasteiger partial charge in [0, 0.05) is 35.3 Å². The summed E-state index contributed by atoms with van der Waals surface area (Å²) in [5, 5.41) is 8.87. The number of amides is 1. The molecule has 2 aromatic heterocycles. The molecule has 4 aromatic rings. The van der Waals surface area contributed by atoms with Crippen molar-refractivity contribution >= 4 is 12.1 Å². The third-order valence-corrected chi connectivity index (χ3v) is 4.40. The molecule has 4 rings (SSSR count). The van der Waals surface area contributed by atoms with Crippen molar-refractivity contribution in [3.05, 3.63) is 102 Å². The van der Waals surface area contributed by atoms with Crippen LogP contribution in [-0.4, -0.2) is 26.9 Å². The minimum Gasteiger partial charge on any atom is -0.267 e. The van der Waals surface area contributed by atoms with Crippen molar-refractivity contribution < 1.29 is 4.79 Å². The van der Waals surface area contributed by atoms with Crippen LogP contribution in [-0.2, 0) is 0 Å². The van der Waals surface area contributed by atoms with E-state index in [9.17, 15) is 4.79 Å². The molecule has 0 aliphatic rings. The molecule has 142 valence electrons. The van der Waals surface area contributed by atoms with Gasteiger partial charge in [0.05, 0.1) is 11.9 Å². The number of hydrazone groups is 1. The lowest BCUT2D eigenvalue weighted by Gasteiger charge is -2.01. The molecule has 0 spiro atoms. The Bertz CT molecular complexity index is 1130. The Morgan fingerprint density at radius 1 is 1.00 bits per heavy atom. The van der Waals surface area contributed by atoms with Crippen LogP contribution < -0.4 is 5.43 Å². The Kier molecular flexibility index (Phi) is 5.25. The van der Waals surface area contributed by atoms with Crippen LogP contribution >= 0.6 is 0 Å². The average molecular weight is 381 g/mol. The highest BCUT2D eigenvalue weighted by Gasteiger charge is 2.11. The minimum atomic E-state index is -0.295. The largest absolute Gasteiger partial charge is 0.271 e. The zero-order chi connectivity index (χ0) is 20.1. The standard InChI is InChI=1S/C23H19N5O/c1-17-7-9-18(10-8-17)22-20(16-28(27-22)21-5-3-2-4-6-21)15-25-26-23(29)19-11-13-24-14-12-19/h2-16H,1H3,(H,26,29)/b25-15+. The maximum absolute atomic E-state index is 12.2. The van der Waals surface area contributed by atoms with Crippen molar-refractivity contribution in [3.8, 4) is 16.9 Å². The molecule has 0 unspecified atom stereocenters. The van der Waals surface area contributed by atoms with Crippen LogP contribution in [0.1, 0.15) is 21.5 Å². The van der Waals surface area contributed by atoms with E-state index in [4.69, 9.17) is 5.10 Å². The first-order valence-corrected chi connectivity index (χ1v) is 9.16. The predicted molar refractivity (Wildman–Crippen MR) is 113 cm³/mol. The number of aryl methyl sites for hydroxylation is 1. The Balaban J connectivity index is 1.64. The summed E-state index contributed by atoms with van der Waals surface area (Å²) < 4.78 is 1.81. The lowest BCUT2D eigenvalue weighted by atomic mass is 10.1. The highest BCUT2D eigenvalue weighted by atomic mass is 16.2. The number of rotatable bonds is 5. The predicted octanol–water partition coefficient (Wildman–Crippen LogP) is 4.01. The van der Waals surface area contributed by atoms with Crippen LogP contribution in [0.4, 0.5) is 0 Å². The van der Waals surface area contributed by atoms with Crippen LogP contribution in [0.5, 0.6) is 0 Å². The molecule has 1 amide bonds. The maximum Gasteiger partial charge on any atom is 0.271 e. The van der Waals surface area contributed by atoms with Crippen LogP contribution in [0.3, 0.4) is 0 Å². The number of nitrogens with zero attached hydrogens (tertiary/aromatic N) is 4. The lowest BCUT2D eigenvalue weighted by molar-refractivity contribution is 0.0955. The Labute approximate surface area is 168 Å². The number of carbonyl (C=O) groups is 1. The van der Waals surface area contributed by atoms with Crippen molar-refractivity contribution in [2.75, 3.05) is 0 Å². The van der Waals surface area contributed by atoms with E-state index in [0.717, 1.165) is 22.5 Å². The number of hydrogen-bond donors (Lipinski definition) is 1. The van der Waals surface area contributed by atoms with Gasteiger partial charge in [0.25, 0.3) is 5.91 Å². The second kappa shape index (κ2) is 8.31. The first-order valence-electron chi connectivity index (χ1n) is 9.16. The van der Waals surface area contributed by atoms with Crippen molar-refractivity contribution in [2.45, 2.75) is 6.92 Å². The Morgan fingerprint density at radius 2 is 1.72 bits per heavy atom. The summed E-state index contributed by atoms with van der Waals surface area (Å²) in [5.41, 5.74) is 7.73. The van der Waals surface area contributed by atoms with Crippen LogP contribution in [0, 0.1) is 6.92 Å². The number of pyridine rings is 1. The molecule has 0 aliphatic heterocycles. The number of para-hydroxylation sites is 1. The van der Waals surface area contributed by atoms with E-state index in [-0.39, 0.29) is 5.91 Å². The summed E-state index contributed by atoms with van der Waals surface area (Å²) in [4.78, 5) is 16.1. The second-order valence-corrected chi connectivity index (χ2v) is 6.51. The van der Waals surface area contributed by atoms with E-state index in [0.29, 0.717) is 5.56 Å². The van der Waals surface area contributed by atoms with E-state index >= 15 is 0 Å². The summed E-state index contributed by atoms with van der Waals surface area (Å²) in [6.45, 7) is 2.04. The molecule has 0 bridgehead atoms. The van der Waals surface area contributed by atoms with Crippen LogP contribution in [0.2, 0.25) is 0 Å². The van der Waals surface area contributed by atoms with E-state index in [1.165, 1.54) is 5.56 Å². The third kappa shape index (κ3) is 4.27. The minimum absolute atomic E-state index is 0.295. The number of benzene rings is 2. The van der Waals surface area contributed by atoms with Gasteiger partial charge in [0.15, 0.2) is 0 Å². The molecule has 29 heavy (non-hydrogen) atoms. The van der Waals surface area contributed by atoms with Gasteiger partial charge < -0.3 is 0 Å². The number of carbonyl (C=O) groups excluding carboxylic acids is 1. The van der Waals surface area contributed by atoms with Gasteiger partial charge in [-0.25, -0.2) is 10.1 Å². The molecule has 0 radical (unpaired) electrons. The molecule has 6 heteroatoms. The SMILES string of the molecule is Cc1ccc(-c2nn(-c3ccccc3)cc2/C=N/NC(=O)c2ccncc2)cc1. The van der Waals surface area contributed by atoms with Gasteiger partial charge in [-0.15, -0.1) is 0 Å². The zero-order valence-corrected chi connectivity index (χ0v) is 15.9. The lowest BCUT2D eigenvalue weighted by Crippen LogP contribution is -2.17. The molecular formula is C23H19N5O. The van der Waals surface area contributed by atoms with E-state index < -0.39 is 0 Å². The summed E-state index contributed by atoms with van der Waals surface area (Å²) >= 11 is 0. The fourth-order valence-electron chi connectivity index (χ4n) is 2.86. The molecule has 0 aliphatic carbocycles. The summed E-state index contributed by atoms with van der Waals surface area (Å²) in [6.07, 6.45) is 6.64. The van der Waals surface area contributed by atoms with Crippen molar-refractivity contribution in [1.82, 2.24) is 20.2 Å². The van der Waals surface area contributed by atoms with Gasteiger partial charge in [-0.1, -0.05) is 48.0 Å². The fraction of sp³-hybridized carbons (Fsp3) is 0.0435. The molecule has 2 aromatic carbocycles. The van der Waals surface area contributed by atoms with E-state index in [1.807, 2.05) is 67.7 Å². The van der Waals surface area contributed by atoms with Crippen molar-refractivity contribution in [2.24, 2.45) is 5.10 Å². The summed E-state index contributed by atoms with van der Waals surface area (Å²) in [7, 11) is 0. The number of hydrogen-bond acceptors (Lipinski definition) is 4. The smallest absolute Gasteiger partial charge is 0.267 e. The highest BCUT2D eigenvalue weighted by molar-refractivity contribution is 5.95. The number of aromatic nitrogens is 3. The maximum atomic E-state index is 12.2. The van der Waals surface area contributed by atoms with E-state index in [2.05, 4.69) is 15.5 Å². The van der Waals surface area contributed by atoms with Gasteiger partial charge in [0.2, 0.25) is 0 Å². The normalized spacial score (nSPS) is 10.9. The second-order valence-electron chi connectivity index (χ2n) is 6.51. The van der Waals surface area contributed by atoms with Crippen LogP contribution in [0.25, 0.3) is 16.9 Å². The number of nitrogens with one attached hydrogen (secondary N) is 1. The molecule has 0 fully saturated rings. The van der Waals surface area contributed by atoms with Gasteiger partial charge >= 0.3 is 0 Å². The monoisotopic (exact) mass is 381 g/mol. The van der Waals surface area contributed by atoms with Crippen molar-refractivity contribution in [3.63, 3.8) is 0 Å². The average Bonchev–Trinajstić information content (AvgIpc) is 3.19.